The molecule has 2 heterocycles. The highest BCUT2D eigenvalue weighted by atomic mass is 16.5. The first-order valence-electron chi connectivity index (χ1n) is 8.81. The van der Waals surface area contributed by atoms with Crippen molar-refractivity contribution in [2.24, 2.45) is 0 Å². The summed E-state index contributed by atoms with van der Waals surface area (Å²) in [4.78, 5) is 21.3. The molecule has 2 aromatic heterocycles. The maximum Gasteiger partial charge on any atom is 0.275 e. The lowest BCUT2D eigenvalue weighted by Crippen LogP contribution is -2.26. The van der Waals surface area contributed by atoms with E-state index >= 15 is 0 Å². The molecule has 0 saturated carbocycles. The second kappa shape index (κ2) is 7.11. The van der Waals surface area contributed by atoms with Gasteiger partial charge in [0.15, 0.2) is 0 Å². The van der Waals surface area contributed by atoms with Crippen molar-refractivity contribution >= 4 is 16.7 Å². The van der Waals surface area contributed by atoms with Gasteiger partial charge in [0, 0.05) is 17.1 Å². The summed E-state index contributed by atoms with van der Waals surface area (Å²) in [6.07, 6.45) is 3.29. The lowest BCUT2D eigenvalue weighted by Gasteiger charge is -2.16. The van der Waals surface area contributed by atoms with E-state index < -0.39 is 0 Å². The molecule has 1 unspecified atom stereocenters. The number of methoxy groups -OCH3 is 1. The maximum atomic E-state index is 13.2. The summed E-state index contributed by atoms with van der Waals surface area (Å²) in [7, 11) is 1.62. The van der Waals surface area contributed by atoms with Crippen LogP contribution in [0.2, 0.25) is 0 Å². The van der Waals surface area contributed by atoms with E-state index in [0.29, 0.717) is 11.1 Å². The van der Waals surface area contributed by atoms with E-state index in [4.69, 9.17) is 10.5 Å². The zero-order valence-corrected chi connectivity index (χ0v) is 15.5. The third-order valence-corrected chi connectivity index (χ3v) is 4.73. The van der Waals surface area contributed by atoms with Gasteiger partial charge in [0.05, 0.1) is 30.4 Å². The van der Waals surface area contributed by atoms with Crippen LogP contribution >= 0.6 is 0 Å². The summed E-state index contributed by atoms with van der Waals surface area (Å²) in [5.74, 6) is 0.929. The molecule has 0 aliphatic heterocycles. The van der Waals surface area contributed by atoms with Crippen LogP contribution in [0.4, 0.5) is 5.95 Å². The number of aromatic nitrogens is 4. The summed E-state index contributed by atoms with van der Waals surface area (Å²) in [5, 5.41) is 5.71. The van der Waals surface area contributed by atoms with Gasteiger partial charge in [-0.2, -0.15) is 5.10 Å². The molecule has 0 fully saturated rings. The highest BCUT2D eigenvalue weighted by Crippen LogP contribution is 2.23. The molecule has 28 heavy (non-hydrogen) atoms. The van der Waals surface area contributed by atoms with Crippen LogP contribution in [-0.2, 0) is 0 Å². The highest BCUT2D eigenvalue weighted by molar-refractivity contribution is 5.85. The quantitative estimate of drug-likeness (QED) is 0.591. The standard InChI is InChI=1S/C21H19N5O2/c1-13(14-4-3-5-17(10-14)28-2)26-20(27)18-11-15(6-7-16(18)12-24-26)19-8-9-23-21(22)25-19/h3-13H,1-2H3,(H2,22,23,25). The molecule has 0 aliphatic carbocycles. The molecule has 140 valence electrons. The van der Waals surface area contributed by atoms with Gasteiger partial charge in [-0.05, 0) is 36.8 Å². The smallest absolute Gasteiger partial charge is 0.275 e. The number of rotatable bonds is 4. The molecule has 0 bridgehead atoms. The Kier molecular flexibility index (Phi) is 4.49. The van der Waals surface area contributed by atoms with Crippen molar-refractivity contribution in [3.63, 3.8) is 0 Å². The first-order chi connectivity index (χ1) is 13.6. The van der Waals surface area contributed by atoms with Gasteiger partial charge >= 0.3 is 0 Å². The van der Waals surface area contributed by atoms with Gasteiger partial charge in [-0.25, -0.2) is 14.6 Å². The number of hydrogen-bond acceptors (Lipinski definition) is 6. The van der Waals surface area contributed by atoms with E-state index in [1.807, 2.05) is 49.4 Å². The number of ether oxygens (including phenoxy) is 1. The van der Waals surface area contributed by atoms with Gasteiger partial charge in [0.2, 0.25) is 5.95 Å². The lowest BCUT2D eigenvalue weighted by atomic mass is 10.1. The average Bonchev–Trinajstić information content (AvgIpc) is 2.73. The van der Waals surface area contributed by atoms with Crippen LogP contribution in [0.3, 0.4) is 0 Å². The van der Waals surface area contributed by atoms with Crippen LogP contribution in [0.15, 0.2) is 65.7 Å². The van der Waals surface area contributed by atoms with E-state index in [-0.39, 0.29) is 17.5 Å². The molecule has 2 N–H and O–H groups in total. The van der Waals surface area contributed by atoms with Crippen molar-refractivity contribution in [1.29, 1.82) is 0 Å². The summed E-state index contributed by atoms with van der Waals surface area (Å²) in [6, 6.07) is 14.7. The molecule has 2 aromatic carbocycles. The van der Waals surface area contributed by atoms with Crippen molar-refractivity contribution in [3.05, 3.63) is 76.8 Å². The molecule has 0 aliphatic rings. The number of benzene rings is 2. The molecular formula is C21H19N5O2. The molecule has 0 radical (unpaired) electrons. The Morgan fingerprint density at radius 3 is 2.79 bits per heavy atom. The Labute approximate surface area is 161 Å². The molecule has 4 aromatic rings. The fourth-order valence-corrected chi connectivity index (χ4v) is 3.17. The minimum atomic E-state index is -0.245. The Morgan fingerprint density at radius 1 is 1.14 bits per heavy atom. The Bertz CT molecular complexity index is 1220. The summed E-state index contributed by atoms with van der Waals surface area (Å²) in [6.45, 7) is 1.93. The van der Waals surface area contributed by atoms with E-state index in [9.17, 15) is 4.79 Å². The molecule has 0 saturated heterocycles. The van der Waals surface area contributed by atoms with Gasteiger partial charge in [-0.1, -0.05) is 24.3 Å². The molecule has 0 spiro atoms. The minimum Gasteiger partial charge on any atom is -0.497 e. The predicted molar refractivity (Wildman–Crippen MR) is 108 cm³/mol. The van der Waals surface area contributed by atoms with Crippen LogP contribution in [0.25, 0.3) is 22.0 Å². The third kappa shape index (κ3) is 3.18. The zero-order valence-electron chi connectivity index (χ0n) is 15.5. The molecule has 7 heteroatoms. The number of hydrogen-bond donors (Lipinski definition) is 1. The minimum absolute atomic E-state index is 0.170. The van der Waals surface area contributed by atoms with Crippen molar-refractivity contribution < 1.29 is 4.74 Å². The van der Waals surface area contributed by atoms with Crippen LogP contribution in [0.5, 0.6) is 5.75 Å². The van der Waals surface area contributed by atoms with Gasteiger partial charge < -0.3 is 10.5 Å². The average molecular weight is 373 g/mol. The fourth-order valence-electron chi connectivity index (χ4n) is 3.17. The first kappa shape index (κ1) is 17.7. The van der Waals surface area contributed by atoms with Crippen LogP contribution in [-0.4, -0.2) is 26.9 Å². The zero-order chi connectivity index (χ0) is 19.7. The van der Waals surface area contributed by atoms with Crippen LogP contribution < -0.4 is 16.0 Å². The Balaban J connectivity index is 1.82. The molecule has 7 nitrogen and oxygen atoms in total. The number of fused-ring (bicyclic) bond motifs is 1. The summed E-state index contributed by atoms with van der Waals surface area (Å²) in [5.41, 5.74) is 7.91. The van der Waals surface area contributed by atoms with Crippen molar-refractivity contribution in [1.82, 2.24) is 19.7 Å². The second-order valence-corrected chi connectivity index (χ2v) is 6.45. The highest BCUT2D eigenvalue weighted by Gasteiger charge is 2.14. The second-order valence-electron chi connectivity index (χ2n) is 6.45. The van der Waals surface area contributed by atoms with Gasteiger partial charge in [-0.3, -0.25) is 4.79 Å². The fraction of sp³-hybridized carbons (Fsp3) is 0.143. The monoisotopic (exact) mass is 373 g/mol. The Hall–Kier alpha value is -3.74. The predicted octanol–water partition coefficient (Wildman–Crippen LogP) is 3.05. The number of nitrogens with zero attached hydrogens (tertiary/aromatic N) is 4. The van der Waals surface area contributed by atoms with E-state index in [1.54, 1.807) is 25.6 Å². The summed E-state index contributed by atoms with van der Waals surface area (Å²) < 4.78 is 6.77. The summed E-state index contributed by atoms with van der Waals surface area (Å²) >= 11 is 0. The third-order valence-electron chi connectivity index (χ3n) is 4.73. The van der Waals surface area contributed by atoms with Crippen LogP contribution in [0, 0.1) is 0 Å². The maximum absolute atomic E-state index is 13.2. The largest absolute Gasteiger partial charge is 0.497 e. The van der Waals surface area contributed by atoms with Gasteiger partial charge in [-0.15, -0.1) is 0 Å². The normalized spacial score (nSPS) is 12.1. The number of nitrogen functional groups attached to an aromatic ring is 1. The van der Waals surface area contributed by atoms with Crippen LogP contribution in [0.1, 0.15) is 18.5 Å². The molecule has 1 atom stereocenters. The van der Waals surface area contributed by atoms with E-state index in [2.05, 4.69) is 15.1 Å². The first-order valence-corrected chi connectivity index (χ1v) is 8.81. The number of nitrogens with two attached hydrogens (primary N) is 1. The molecule has 4 rings (SSSR count). The van der Waals surface area contributed by atoms with Crippen molar-refractivity contribution in [2.45, 2.75) is 13.0 Å². The molecular weight excluding hydrogens is 354 g/mol. The van der Waals surface area contributed by atoms with Crippen molar-refractivity contribution in [2.75, 3.05) is 12.8 Å². The van der Waals surface area contributed by atoms with E-state index in [0.717, 1.165) is 22.3 Å². The van der Waals surface area contributed by atoms with Gasteiger partial charge in [0.1, 0.15) is 5.75 Å². The van der Waals surface area contributed by atoms with Crippen molar-refractivity contribution in [3.8, 4) is 17.0 Å². The topological polar surface area (TPSA) is 95.9 Å². The van der Waals surface area contributed by atoms with E-state index in [1.165, 1.54) is 4.68 Å². The SMILES string of the molecule is COc1cccc(C(C)n2ncc3ccc(-c4ccnc(N)n4)cc3c2=O)c1. The lowest BCUT2D eigenvalue weighted by molar-refractivity contribution is 0.413. The van der Waals surface area contributed by atoms with Gasteiger partial charge in [0.25, 0.3) is 5.56 Å². The number of anilines is 1. The Morgan fingerprint density at radius 2 is 2.00 bits per heavy atom. The molecule has 0 amide bonds.